The molecule has 0 aliphatic rings. The largest absolute Gasteiger partial charge is 0.351 e. The predicted octanol–water partition coefficient (Wildman–Crippen LogP) is 0.695. The molecule has 1 atom stereocenters. The number of hydrogen-bond donors (Lipinski definition) is 2. The zero-order valence-electron chi connectivity index (χ0n) is 9.89. The lowest BCUT2D eigenvalue weighted by Gasteiger charge is -2.10. The van der Waals surface area contributed by atoms with E-state index in [2.05, 4.69) is 24.9 Å². The topological polar surface area (TPSA) is 88.5 Å². The van der Waals surface area contributed by atoms with Crippen LogP contribution in [0.4, 0.5) is 5.13 Å². The predicted molar refractivity (Wildman–Crippen MR) is 65.2 cm³/mol. The summed E-state index contributed by atoms with van der Waals surface area (Å²) in [6.07, 6.45) is 0.813. The van der Waals surface area contributed by atoms with Crippen LogP contribution >= 0.6 is 11.5 Å². The number of nitrogens with one attached hydrogen (secondary N) is 2. The van der Waals surface area contributed by atoms with Crippen LogP contribution in [0, 0.1) is 0 Å². The van der Waals surface area contributed by atoms with Gasteiger partial charge in [0, 0.05) is 25.0 Å². The van der Waals surface area contributed by atoms with Crippen LogP contribution in [-0.2, 0) is 13.5 Å². The maximum atomic E-state index is 11.2. The summed E-state index contributed by atoms with van der Waals surface area (Å²) in [4.78, 5) is 15.5. The van der Waals surface area contributed by atoms with Crippen molar-refractivity contribution in [3.63, 3.8) is 0 Å². The molecule has 0 bridgehead atoms. The summed E-state index contributed by atoms with van der Waals surface area (Å²) < 4.78 is 5.65. The van der Waals surface area contributed by atoms with Crippen molar-refractivity contribution in [3.05, 3.63) is 22.1 Å². The normalized spacial score (nSPS) is 12.6. The molecule has 17 heavy (non-hydrogen) atoms. The molecule has 2 heterocycles. The third-order valence-corrected chi connectivity index (χ3v) is 3.11. The fourth-order valence-electron chi connectivity index (χ4n) is 1.45. The SMILES string of the molecule is CCc1nsc(N[C@@H](C)c2n[nH]c(=O)n2C)n1. The van der Waals surface area contributed by atoms with Crippen molar-refractivity contribution >= 4 is 16.7 Å². The van der Waals surface area contributed by atoms with E-state index in [9.17, 15) is 4.79 Å². The van der Waals surface area contributed by atoms with Gasteiger partial charge in [0.1, 0.15) is 5.82 Å². The second kappa shape index (κ2) is 4.66. The van der Waals surface area contributed by atoms with E-state index in [1.807, 2.05) is 13.8 Å². The molecule has 0 aliphatic heterocycles. The van der Waals surface area contributed by atoms with Crippen LogP contribution in [0.15, 0.2) is 4.79 Å². The fourth-order valence-corrected chi connectivity index (χ4v) is 2.19. The van der Waals surface area contributed by atoms with Gasteiger partial charge >= 0.3 is 5.69 Å². The molecule has 0 radical (unpaired) electrons. The third-order valence-electron chi connectivity index (χ3n) is 2.43. The first kappa shape index (κ1) is 11.8. The van der Waals surface area contributed by atoms with Crippen molar-refractivity contribution in [2.45, 2.75) is 26.3 Å². The van der Waals surface area contributed by atoms with Crippen molar-refractivity contribution in [1.29, 1.82) is 0 Å². The van der Waals surface area contributed by atoms with Gasteiger partial charge in [0.05, 0.1) is 6.04 Å². The number of hydrogen-bond acceptors (Lipinski definition) is 6. The molecule has 0 saturated heterocycles. The standard InChI is InChI=1S/C9H14N6OS/c1-4-6-11-8(17-14-6)10-5(2)7-12-13-9(16)15(7)3/h5H,4H2,1-3H3,(H,13,16)(H,10,11,14)/t5-/m0/s1. The van der Waals surface area contributed by atoms with Crippen molar-refractivity contribution in [1.82, 2.24) is 24.1 Å². The average Bonchev–Trinajstić information content (AvgIpc) is 2.88. The Kier molecular flexibility index (Phi) is 3.23. The molecule has 2 aromatic rings. The van der Waals surface area contributed by atoms with Crippen LogP contribution in [0.1, 0.15) is 31.5 Å². The average molecular weight is 254 g/mol. The Hall–Kier alpha value is -1.70. The first-order chi connectivity index (χ1) is 8.11. The molecule has 0 spiro atoms. The highest BCUT2D eigenvalue weighted by molar-refractivity contribution is 7.09. The van der Waals surface area contributed by atoms with Crippen molar-refractivity contribution in [2.75, 3.05) is 5.32 Å². The molecule has 0 aliphatic carbocycles. The summed E-state index contributed by atoms with van der Waals surface area (Å²) in [6.45, 7) is 3.93. The highest BCUT2D eigenvalue weighted by Gasteiger charge is 2.14. The number of aromatic amines is 1. The third kappa shape index (κ3) is 2.36. The number of anilines is 1. The van der Waals surface area contributed by atoms with Crippen molar-refractivity contribution < 1.29 is 0 Å². The Bertz CT molecular complexity index is 556. The molecule has 2 N–H and O–H groups in total. The molecule has 0 fully saturated rings. The molecule has 0 saturated carbocycles. The van der Waals surface area contributed by atoms with Crippen LogP contribution in [0.3, 0.4) is 0 Å². The van der Waals surface area contributed by atoms with E-state index in [-0.39, 0.29) is 11.7 Å². The monoisotopic (exact) mass is 254 g/mol. The highest BCUT2D eigenvalue weighted by Crippen LogP contribution is 2.18. The summed E-state index contributed by atoms with van der Waals surface area (Å²) in [5, 5.41) is 10.3. The molecule has 8 heteroatoms. The van der Waals surface area contributed by atoms with Gasteiger partial charge < -0.3 is 5.32 Å². The van der Waals surface area contributed by atoms with E-state index in [0.717, 1.165) is 17.4 Å². The first-order valence-corrected chi connectivity index (χ1v) is 6.09. The molecule has 0 amide bonds. The molecule has 2 rings (SSSR count). The summed E-state index contributed by atoms with van der Waals surface area (Å²) in [6, 6.07) is -0.100. The summed E-state index contributed by atoms with van der Waals surface area (Å²) in [5.41, 5.74) is -0.222. The smallest absolute Gasteiger partial charge is 0.343 e. The van der Waals surface area contributed by atoms with Gasteiger partial charge in [-0.3, -0.25) is 4.57 Å². The summed E-state index contributed by atoms with van der Waals surface area (Å²) >= 11 is 1.31. The molecule has 7 nitrogen and oxygen atoms in total. The van der Waals surface area contributed by atoms with Gasteiger partial charge in [-0.15, -0.1) is 0 Å². The van der Waals surface area contributed by atoms with Gasteiger partial charge in [-0.25, -0.2) is 14.9 Å². The zero-order valence-corrected chi connectivity index (χ0v) is 10.7. The van der Waals surface area contributed by atoms with Crippen LogP contribution in [0.5, 0.6) is 0 Å². The highest BCUT2D eigenvalue weighted by atomic mass is 32.1. The quantitative estimate of drug-likeness (QED) is 0.838. The Morgan fingerprint density at radius 2 is 2.35 bits per heavy atom. The van der Waals surface area contributed by atoms with Gasteiger partial charge in [-0.05, 0) is 6.92 Å². The minimum atomic E-state index is -0.222. The van der Waals surface area contributed by atoms with E-state index in [0.29, 0.717) is 5.82 Å². The summed E-state index contributed by atoms with van der Waals surface area (Å²) in [7, 11) is 1.68. The van der Waals surface area contributed by atoms with Crippen molar-refractivity contribution in [3.8, 4) is 0 Å². The molecule has 92 valence electrons. The first-order valence-electron chi connectivity index (χ1n) is 5.32. The number of aryl methyl sites for hydroxylation is 1. The molecule has 2 aromatic heterocycles. The second-order valence-corrected chi connectivity index (χ2v) is 4.43. The maximum Gasteiger partial charge on any atom is 0.343 e. The number of aromatic nitrogens is 5. The number of rotatable bonds is 4. The van der Waals surface area contributed by atoms with Gasteiger partial charge in [-0.2, -0.15) is 9.47 Å². The van der Waals surface area contributed by atoms with E-state index >= 15 is 0 Å². The van der Waals surface area contributed by atoms with Crippen LogP contribution in [0.2, 0.25) is 0 Å². The molecular formula is C9H14N6OS. The van der Waals surface area contributed by atoms with E-state index in [1.165, 1.54) is 16.1 Å². The Labute approximate surface area is 102 Å². The lowest BCUT2D eigenvalue weighted by Crippen LogP contribution is -2.18. The second-order valence-electron chi connectivity index (χ2n) is 3.68. The van der Waals surface area contributed by atoms with Crippen molar-refractivity contribution in [2.24, 2.45) is 7.05 Å². The van der Waals surface area contributed by atoms with Crippen LogP contribution in [0.25, 0.3) is 0 Å². The van der Waals surface area contributed by atoms with E-state index < -0.39 is 0 Å². The molecule has 0 aromatic carbocycles. The van der Waals surface area contributed by atoms with Gasteiger partial charge in [0.15, 0.2) is 5.82 Å². The minimum absolute atomic E-state index is 0.100. The Balaban J connectivity index is 2.13. The van der Waals surface area contributed by atoms with Crippen LogP contribution in [-0.4, -0.2) is 24.1 Å². The van der Waals surface area contributed by atoms with Gasteiger partial charge in [0.25, 0.3) is 0 Å². The molecular weight excluding hydrogens is 240 g/mol. The number of H-pyrrole nitrogens is 1. The van der Waals surface area contributed by atoms with E-state index in [1.54, 1.807) is 7.05 Å². The van der Waals surface area contributed by atoms with Gasteiger partial charge in [-0.1, -0.05) is 6.92 Å². The molecule has 0 unspecified atom stereocenters. The maximum absolute atomic E-state index is 11.2. The number of nitrogens with zero attached hydrogens (tertiary/aromatic N) is 4. The van der Waals surface area contributed by atoms with Crippen LogP contribution < -0.4 is 11.0 Å². The van der Waals surface area contributed by atoms with E-state index in [4.69, 9.17) is 0 Å². The Morgan fingerprint density at radius 1 is 1.59 bits per heavy atom. The zero-order chi connectivity index (χ0) is 12.4. The Morgan fingerprint density at radius 3 is 2.88 bits per heavy atom. The fraction of sp³-hybridized carbons (Fsp3) is 0.556. The lowest BCUT2D eigenvalue weighted by molar-refractivity contribution is 0.708. The summed E-state index contributed by atoms with van der Waals surface area (Å²) in [5.74, 6) is 1.46. The minimum Gasteiger partial charge on any atom is -0.351 e. The van der Waals surface area contributed by atoms with Gasteiger partial charge in [0.2, 0.25) is 5.13 Å². The lowest BCUT2D eigenvalue weighted by atomic mass is 10.3.